The second-order valence-corrected chi connectivity index (χ2v) is 4.07. The number of hydrogen-bond donors (Lipinski definition) is 1. The molecule has 19 heavy (non-hydrogen) atoms. The highest BCUT2D eigenvalue weighted by molar-refractivity contribution is 6.21. The fourth-order valence-corrected chi connectivity index (χ4v) is 1.45. The molecule has 0 spiro atoms. The first-order valence-corrected chi connectivity index (χ1v) is 5.28. The summed E-state index contributed by atoms with van der Waals surface area (Å²) < 4.78 is 56.0. The van der Waals surface area contributed by atoms with Crippen LogP contribution in [0.15, 0.2) is 22.7 Å². The number of halogens is 5. The third kappa shape index (κ3) is 2.85. The Morgan fingerprint density at radius 3 is 2.58 bits per heavy atom. The lowest BCUT2D eigenvalue weighted by atomic mass is 10.1. The average Bonchev–Trinajstić information content (AvgIpc) is 2.80. The van der Waals surface area contributed by atoms with E-state index in [9.17, 15) is 17.6 Å². The molecule has 0 saturated carbocycles. The Bertz CT molecular complexity index is 599. The van der Waals surface area contributed by atoms with E-state index in [0.29, 0.717) is 0 Å². The van der Waals surface area contributed by atoms with Crippen molar-refractivity contribution in [1.29, 1.82) is 0 Å². The summed E-state index contributed by atoms with van der Waals surface area (Å²) in [4.78, 5) is 3.25. The van der Waals surface area contributed by atoms with Crippen LogP contribution in [0.4, 0.5) is 17.6 Å². The van der Waals surface area contributed by atoms with E-state index in [2.05, 4.69) is 26.3 Å². The highest BCUT2D eigenvalue weighted by Crippen LogP contribution is 2.32. The molecule has 0 fully saturated rings. The predicted molar refractivity (Wildman–Crippen MR) is 56.4 cm³/mol. The lowest BCUT2D eigenvalue weighted by Crippen LogP contribution is -2.16. The highest BCUT2D eigenvalue weighted by Gasteiger charge is 2.36. The largest absolute Gasteiger partial charge is 0.400 e. The number of nitrogens with zero attached hydrogens (tertiary/aromatic N) is 2. The van der Waals surface area contributed by atoms with Crippen molar-refractivity contribution in [3.8, 4) is 0 Å². The summed E-state index contributed by atoms with van der Waals surface area (Å²) in [5.74, 6) is -3.16. The molecule has 0 aliphatic carbocycles. The maximum atomic E-state index is 13.4. The third-order valence-electron chi connectivity index (χ3n) is 2.26. The molecule has 1 unspecified atom stereocenters. The van der Waals surface area contributed by atoms with Crippen molar-refractivity contribution in [3.05, 3.63) is 47.1 Å². The number of aromatic nitrogens is 2. The van der Waals surface area contributed by atoms with Crippen LogP contribution in [0.1, 0.15) is 23.3 Å². The van der Waals surface area contributed by atoms with Gasteiger partial charge in [0.1, 0.15) is 11.6 Å². The predicted octanol–water partition coefficient (Wildman–Crippen LogP) is 2.68. The van der Waals surface area contributed by atoms with Crippen molar-refractivity contribution in [1.82, 2.24) is 10.1 Å². The molecular formula is C10H6ClF4N3O. The molecular weight excluding hydrogens is 290 g/mol. The molecule has 1 atom stereocenters. The zero-order valence-electron chi connectivity index (χ0n) is 9.08. The van der Waals surface area contributed by atoms with Gasteiger partial charge in [-0.1, -0.05) is 5.16 Å². The smallest absolute Gasteiger partial charge is 0.331 e. The quantitative estimate of drug-likeness (QED) is 0.698. The van der Waals surface area contributed by atoms with Gasteiger partial charge in [0.15, 0.2) is 5.82 Å². The van der Waals surface area contributed by atoms with E-state index < -0.39 is 34.8 Å². The first kappa shape index (κ1) is 13.8. The number of benzene rings is 1. The van der Waals surface area contributed by atoms with Crippen molar-refractivity contribution in [3.63, 3.8) is 0 Å². The molecule has 0 aliphatic rings. The molecule has 2 N–H and O–H groups in total. The maximum absolute atomic E-state index is 13.4. The van der Waals surface area contributed by atoms with Crippen molar-refractivity contribution in [2.24, 2.45) is 5.73 Å². The van der Waals surface area contributed by atoms with Crippen LogP contribution in [-0.4, -0.2) is 10.1 Å². The number of rotatable bonds is 3. The zero-order chi connectivity index (χ0) is 14.2. The van der Waals surface area contributed by atoms with E-state index >= 15 is 0 Å². The molecule has 102 valence electrons. The number of hydrogen-bond acceptors (Lipinski definition) is 4. The van der Waals surface area contributed by atoms with Crippen LogP contribution in [0.5, 0.6) is 0 Å². The van der Waals surface area contributed by atoms with Gasteiger partial charge in [-0.05, 0) is 29.8 Å². The summed E-state index contributed by atoms with van der Waals surface area (Å²) in [6.07, 6.45) is 0. The number of nitrogens with two attached hydrogens (primary N) is 1. The van der Waals surface area contributed by atoms with Crippen LogP contribution in [0.2, 0.25) is 0 Å². The molecule has 2 aromatic rings. The monoisotopic (exact) mass is 295 g/mol. The second-order valence-electron chi connectivity index (χ2n) is 3.60. The van der Waals surface area contributed by atoms with Gasteiger partial charge in [-0.15, -0.1) is 0 Å². The molecule has 1 heterocycles. The average molecular weight is 296 g/mol. The summed E-state index contributed by atoms with van der Waals surface area (Å²) in [7, 11) is 0. The SMILES string of the molecule is NC(c1noc(C(F)(F)Cl)n1)c1cc(F)ccc1F. The van der Waals surface area contributed by atoms with E-state index in [1.165, 1.54) is 0 Å². The van der Waals surface area contributed by atoms with Gasteiger partial charge < -0.3 is 10.3 Å². The van der Waals surface area contributed by atoms with Gasteiger partial charge in [0.05, 0.1) is 6.04 Å². The van der Waals surface area contributed by atoms with E-state index in [0.717, 1.165) is 18.2 Å². The molecule has 9 heteroatoms. The third-order valence-corrected chi connectivity index (χ3v) is 2.42. The molecule has 0 amide bonds. The first-order valence-electron chi connectivity index (χ1n) is 4.90. The zero-order valence-corrected chi connectivity index (χ0v) is 9.84. The minimum absolute atomic E-state index is 0.287. The van der Waals surface area contributed by atoms with Gasteiger partial charge >= 0.3 is 11.3 Å². The maximum Gasteiger partial charge on any atom is 0.400 e. The van der Waals surface area contributed by atoms with Crippen LogP contribution in [0, 0.1) is 11.6 Å². The first-order chi connectivity index (χ1) is 8.79. The van der Waals surface area contributed by atoms with Gasteiger partial charge in [-0.2, -0.15) is 13.8 Å². The van der Waals surface area contributed by atoms with Crippen LogP contribution in [0.25, 0.3) is 0 Å². The Morgan fingerprint density at radius 1 is 1.32 bits per heavy atom. The minimum atomic E-state index is -3.86. The molecule has 0 bridgehead atoms. The highest BCUT2D eigenvalue weighted by atomic mass is 35.5. The van der Waals surface area contributed by atoms with Gasteiger partial charge in [-0.25, -0.2) is 8.78 Å². The van der Waals surface area contributed by atoms with E-state index in [1.807, 2.05) is 0 Å². The Hall–Kier alpha value is -1.67. The standard InChI is InChI=1S/C10H6ClF4N3O/c11-10(14,15)9-17-8(18-19-9)7(16)5-3-4(12)1-2-6(5)13/h1-3,7H,16H2. The lowest BCUT2D eigenvalue weighted by Gasteiger charge is -2.08. The Balaban J connectivity index is 2.36. The van der Waals surface area contributed by atoms with E-state index in [-0.39, 0.29) is 5.56 Å². The Labute approximate surface area is 109 Å². The molecule has 1 aromatic heterocycles. The van der Waals surface area contributed by atoms with Crippen LogP contribution >= 0.6 is 11.6 Å². The van der Waals surface area contributed by atoms with Gasteiger partial charge in [0.2, 0.25) is 0 Å². The fraction of sp³-hybridized carbons (Fsp3) is 0.200. The molecule has 0 radical (unpaired) electrons. The van der Waals surface area contributed by atoms with Gasteiger partial charge in [0, 0.05) is 5.56 Å². The van der Waals surface area contributed by atoms with Crippen molar-refractivity contribution in [2.45, 2.75) is 11.4 Å². The van der Waals surface area contributed by atoms with Crippen molar-refractivity contribution < 1.29 is 22.1 Å². The second kappa shape index (κ2) is 4.78. The van der Waals surface area contributed by atoms with Gasteiger partial charge in [-0.3, -0.25) is 0 Å². The molecule has 1 aromatic carbocycles. The molecule has 0 saturated heterocycles. The van der Waals surface area contributed by atoms with E-state index in [1.54, 1.807) is 0 Å². The molecule has 4 nitrogen and oxygen atoms in total. The normalized spacial score (nSPS) is 13.6. The topological polar surface area (TPSA) is 64.9 Å². The molecule has 0 aliphatic heterocycles. The van der Waals surface area contributed by atoms with Gasteiger partial charge in [0.25, 0.3) is 0 Å². The summed E-state index contributed by atoms with van der Waals surface area (Å²) >= 11 is 4.67. The Kier molecular flexibility index (Phi) is 3.46. The summed E-state index contributed by atoms with van der Waals surface area (Å²) in [6.45, 7) is 0. The summed E-state index contributed by atoms with van der Waals surface area (Å²) in [5, 5.41) is -0.691. The summed E-state index contributed by atoms with van der Waals surface area (Å²) in [5.41, 5.74) is 5.28. The van der Waals surface area contributed by atoms with Crippen LogP contribution in [0.3, 0.4) is 0 Å². The van der Waals surface area contributed by atoms with E-state index in [4.69, 9.17) is 5.73 Å². The van der Waals surface area contributed by atoms with Crippen molar-refractivity contribution >= 4 is 11.6 Å². The fourth-order valence-electron chi connectivity index (χ4n) is 1.37. The Morgan fingerprint density at radius 2 is 2.00 bits per heavy atom. The molecule has 2 rings (SSSR count). The minimum Gasteiger partial charge on any atom is -0.331 e. The number of alkyl halides is 3. The summed E-state index contributed by atoms with van der Waals surface area (Å²) in [6, 6.07) is 1.20. The van der Waals surface area contributed by atoms with Crippen molar-refractivity contribution in [2.75, 3.05) is 0 Å². The van der Waals surface area contributed by atoms with Crippen LogP contribution in [-0.2, 0) is 5.38 Å². The van der Waals surface area contributed by atoms with Crippen LogP contribution < -0.4 is 5.73 Å². The lowest BCUT2D eigenvalue weighted by molar-refractivity contribution is 0.0550.